The largest absolute Gasteiger partial charge is 0.370 e. The van der Waals surface area contributed by atoms with Crippen molar-refractivity contribution in [3.8, 4) is 0 Å². The zero-order valence-electron chi connectivity index (χ0n) is 13.5. The fourth-order valence-electron chi connectivity index (χ4n) is 2.30. The molecule has 112 valence electrons. The minimum absolute atomic E-state index is 0.0784. The van der Waals surface area contributed by atoms with E-state index in [1.54, 1.807) is 6.33 Å². The second-order valence-corrected chi connectivity index (χ2v) is 6.15. The van der Waals surface area contributed by atoms with Gasteiger partial charge in [-0.25, -0.2) is 9.97 Å². The van der Waals surface area contributed by atoms with E-state index in [-0.39, 0.29) is 5.41 Å². The highest BCUT2D eigenvalue weighted by Crippen LogP contribution is 2.32. The second-order valence-electron chi connectivity index (χ2n) is 6.15. The fraction of sp³-hybridized carbons (Fsp3) is 0.412. The molecule has 0 aliphatic heterocycles. The molecule has 0 saturated carbocycles. The van der Waals surface area contributed by atoms with Crippen molar-refractivity contribution in [3.05, 3.63) is 41.7 Å². The number of hydrogen-bond donors (Lipinski definition) is 2. The molecular weight excluding hydrogens is 260 g/mol. The normalized spacial score (nSPS) is 11.3. The van der Waals surface area contributed by atoms with E-state index in [4.69, 9.17) is 0 Å². The molecule has 0 atom stereocenters. The third-order valence-corrected chi connectivity index (χ3v) is 3.42. The standard InChI is InChI=1S/C17H24N4/c1-6-18-15-12(2)16(20-11-19-15)21-14-10-8-7-9-13(14)17(3,4)5/h7-11H,6H2,1-5H3,(H2,18,19,20,21). The van der Waals surface area contributed by atoms with Crippen molar-refractivity contribution in [1.29, 1.82) is 0 Å². The molecule has 0 aliphatic carbocycles. The van der Waals surface area contributed by atoms with Gasteiger partial charge in [-0.1, -0.05) is 39.0 Å². The molecule has 21 heavy (non-hydrogen) atoms. The zero-order chi connectivity index (χ0) is 15.5. The highest BCUT2D eigenvalue weighted by atomic mass is 15.1. The minimum Gasteiger partial charge on any atom is -0.370 e. The molecule has 0 amide bonds. The summed E-state index contributed by atoms with van der Waals surface area (Å²) >= 11 is 0. The summed E-state index contributed by atoms with van der Waals surface area (Å²) in [4.78, 5) is 8.66. The van der Waals surface area contributed by atoms with E-state index in [1.165, 1.54) is 5.56 Å². The summed E-state index contributed by atoms with van der Waals surface area (Å²) < 4.78 is 0. The van der Waals surface area contributed by atoms with Crippen LogP contribution in [0.4, 0.5) is 17.3 Å². The quantitative estimate of drug-likeness (QED) is 0.881. The molecule has 0 radical (unpaired) electrons. The summed E-state index contributed by atoms with van der Waals surface area (Å²) in [5.74, 6) is 1.72. The van der Waals surface area contributed by atoms with Crippen LogP contribution in [0.3, 0.4) is 0 Å². The van der Waals surface area contributed by atoms with Gasteiger partial charge < -0.3 is 10.6 Å². The van der Waals surface area contributed by atoms with Crippen molar-refractivity contribution in [2.24, 2.45) is 0 Å². The van der Waals surface area contributed by atoms with Gasteiger partial charge in [-0.15, -0.1) is 0 Å². The molecule has 0 aliphatic rings. The average molecular weight is 284 g/mol. The van der Waals surface area contributed by atoms with Crippen LogP contribution in [0.15, 0.2) is 30.6 Å². The number of aromatic nitrogens is 2. The first-order valence-electron chi connectivity index (χ1n) is 7.35. The Labute approximate surface area is 127 Å². The number of nitrogens with one attached hydrogen (secondary N) is 2. The summed E-state index contributed by atoms with van der Waals surface area (Å²) in [5.41, 5.74) is 3.47. The lowest BCUT2D eigenvalue weighted by molar-refractivity contribution is 0.592. The third-order valence-electron chi connectivity index (χ3n) is 3.42. The predicted octanol–water partition coefficient (Wildman–Crippen LogP) is 4.26. The van der Waals surface area contributed by atoms with E-state index in [9.17, 15) is 0 Å². The first-order valence-corrected chi connectivity index (χ1v) is 7.35. The lowest BCUT2D eigenvalue weighted by atomic mass is 9.86. The van der Waals surface area contributed by atoms with Crippen LogP contribution in [-0.2, 0) is 5.41 Å². The van der Waals surface area contributed by atoms with Gasteiger partial charge in [0.15, 0.2) is 0 Å². The van der Waals surface area contributed by atoms with Crippen molar-refractivity contribution < 1.29 is 0 Å². The van der Waals surface area contributed by atoms with Gasteiger partial charge in [-0.3, -0.25) is 0 Å². The summed E-state index contributed by atoms with van der Waals surface area (Å²) in [7, 11) is 0. The Morgan fingerprint density at radius 1 is 1.05 bits per heavy atom. The van der Waals surface area contributed by atoms with Crippen molar-refractivity contribution in [2.45, 2.75) is 40.0 Å². The van der Waals surface area contributed by atoms with Crippen LogP contribution in [0.25, 0.3) is 0 Å². The Morgan fingerprint density at radius 3 is 2.38 bits per heavy atom. The van der Waals surface area contributed by atoms with Crippen LogP contribution in [0, 0.1) is 6.92 Å². The van der Waals surface area contributed by atoms with Crippen molar-refractivity contribution in [2.75, 3.05) is 17.2 Å². The van der Waals surface area contributed by atoms with E-state index in [0.29, 0.717) is 0 Å². The van der Waals surface area contributed by atoms with Gasteiger partial charge in [0.2, 0.25) is 0 Å². The van der Waals surface area contributed by atoms with Gasteiger partial charge in [0, 0.05) is 17.8 Å². The van der Waals surface area contributed by atoms with Gasteiger partial charge in [0.05, 0.1) is 0 Å². The number of benzene rings is 1. The van der Waals surface area contributed by atoms with Gasteiger partial charge in [-0.05, 0) is 30.9 Å². The molecule has 0 saturated heterocycles. The van der Waals surface area contributed by atoms with Crippen LogP contribution in [0.2, 0.25) is 0 Å². The number of para-hydroxylation sites is 1. The first-order chi connectivity index (χ1) is 9.93. The zero-order valence-corrected chi connectivity index (χ0v) is 13.5. The van der Waals surface area contributed by atoms with Gasteiger partial charge in [0.1, 0.15) is 18.0 Å². The monoisotopic (exact) mass is 284 g/mol. The van der Waals surface area contributed by atoms with E-state index in [1.807, 2.05) is 13.0 Å². The Bertz CT molecular complexity index is 614. The lowest BCUT2D eigenvalue weighted by Gasteiger charge is -2.23. The maximum atomic E-state index is 4.38. The Kier molecular flexibility index (Phi) is 4.46. The van der Waals surface area contributed by atoms with Crippen molar-refractivity contribution >= 4 is 17.3 Å². The summed E-state index contributed by atoms with van der Waals surface area (Å²) in [6, 6.07) is 8.36. The summed E-state index contributed by atoms with van der Waals surface area (Å²) in [6.07, 6.45) is 1.59. The van der Waals surface area contributed by atoms with Crippen LogP contribution in [0.1, 0.15) is 38.8 Å². The molecule has 2 aromatic rings. The Balaban J connectivity index is 2.38. The molecule has 0 bridgehead atoms. The molecule has 1 aromatic heterocycles. The molecule has 0 fully saturated rings. The molecule has 2 N–H and O–H groups in total. The van der Waals surface area contributed by atoms with E-state index >= 15 is 0 Å². The van der Waals surface area contributed by atoms with Gasteiger partial charge in [0.25, 0.3) is 0 Å². The number of nitrogens with zero attached hydrogens (tertiary/aromatic N) is 2. The van der Waals surface area contributed by atoms with Gasteiger partial charge in [-0.2, -0.15) is 0 Å². The second kappa shape index (κ2) is 6.12. The molecular formula is C17H24N4. The average Bonchev–Trinajstić information content (AvgIpc) is 2.43. The summed E-state index contributed by atoms with van der Waals surface area (Å²) in [6.45, 7) is 11.6. The van der Waals surface area contributed by atoms with E-state index in [0.717, 1.165) is 29.4 Å². The van der Waals surface area contributed by atoms with Crippen molar-refractivity contribution in [3.63, 3.8) is 0 Å². The smallest absolute Gasteiger partial charge is 0.138 e. The molecule has 0 unspecified atom stereocenters. The topological polar surface area (TPSA) is 49.8 Å². The fourth-order valence-corrected chi connectivity index (χ4v) is 2.30. The van der Waals surface area contributed by atoms with E-state index < -0.39 is 0 Å². The number of hydrogen-bond acceptors (Lipinski definition) is 4. The molecule has 4 nitrogen and oxygen atoms in total. The van der Waals surface area contributed by atoms with Crippen LogP contribution in [0.5, 0.6) is 0 Å². The van der Waals surface area contributed by atoms with Gasteiger partial charge >= 0.3 is 0 Å². The number of rotatable bonds is 4. The van der Waals surface area contributed by atoms with E-state index in [2.05, 4.69) is 66.5 Å². The van der Waals surface area contributed by atoms with Crippen LogP contribution >= 0.6 is 0 Å². The molecule has 4 heteroatoms. The number of anilines is 3. The third kappa shape index (κ3) is 3.51. The first kappa shape index (κ1) is 15.3. The van der Waals surface area contributed by atoms with Crippen molar-refractivity contribution in [1.82, 2.24) is 9.97 Å². The van der Waals surface area contributed by atoms with Crippen LogP contribution < -0.4 is 10.6 Å². The maximum absolute atomic E-state index is 4.38. The Morgan fingerprint density at radius 2 is 1.71 bits per heavy atom. The highest BCUT2D eigenvalue weighted by molar-refractivity contribution is 5.67. The SMILES string of the molecule is CCNc1ncnc(Nc2ccccc2C(C)(C)C)c1C. The molecule has 1 aromatic carbocycles. The highest BCUT2D eigenvalue weighted by Gasteiger charge is 2.18. The molecule has 2 rings (SSSR count). The van der Waals surface area contributed by atoms with Crippen LogP contribution in [-0.4, -0.2) is 16.5 Å². The maximum Gasteiger partial charge on any atom is 0.138 e. The molecule has 1 heterocycles. The molecule has 0 spiro atoms. The minimum atomic E-state index is 0.0784. The lowest BCUT2D eigenvalue weighted by Crippen LogP contribution is -2.14. The Hall–Kier alpha value is -2.10. The predicted molar refractivity (Wildman–Crippen MR) is 89.4 cm³/mol. The summed E-state index contributed by atoms with van der Waals surface area (Å²) in [5, 5.41) is 6.71.